The molecule has 12 heteroatoms. The Morgan fingerprint density at radius 2 is 1.54 bits per heavy atom. The molecule has 2 bridgehead atoms. The van der Waals surface area contributed by atoms with Crippen molar-refractivity contribution in [2.75, 3.05) is 12.4 Å². The molecule has 0 atom stereocenters. The van der Waals surface area contributed by atoms with Gasteiger partial charge in [0.05, 0.1) is 17.0 Å². The highest BCUT2D eigenvalue weighted by Crippen LogP contribution is 2.53. The molecule has 0 spiro atoms. The van der Waals surface area contributed by atoms with E-state index in [-0.39, 0.29) is 35.7 Å². The second kappa shape index (κ2) is 11.5. The summed E-state index contributed by atoms with van der Waals surface area (Å²) in [6.45, 7) is 5.09. The van der Waals surface area contributed by atoms with Crippen LogP contribution < -0.4 is 10.1 Å². The number of fused-ring (bicyclic) bond motifs is 3. The summed E-state index contributed by atoms with van der Waals surface area (Å²) in [5.41, 5.74) is -1.87. The molecule has 3 aliphatic carbocycles. The van der Waals surface area contributed by atoms with E-state index in [1.165, 1.54) is 24.3 Å². The summed E-state index contributed by atoms with van der Waals surface area (Å²) < 4.78 is 88.5. The lowest BCUT2D eigenvalue weighted by Crippen LogP contribution is -2.59. The molecule has 0 aliphatic heterocycles. The number of rotatable bonds is 10. The van der Waals surface area contributed by atoms with Crippen LogP contribution in [0.15, 0.2) is 41.1 Å². The van der Waals surface area contributed by atoms with Crippen LogP contribution in [0.1, 0.15) is 72.1 Å². The van der Waals surface area contributed by atoms with E-state index in [4.69, 9.17) is 9.47 Å². The van der Waals surface area contributed by atoms with Crippen LogP contribution in [-0.4, -0.2) is 50.0 Å². The molecule has 4 rings (SSSR count). The number of amides is 1. The van der Waals surface area contributed by atoms with Gasteiger partial charge in [-0.25, -0.2) is 12.8 Å². The van der Waals surface area contributed by atoms with Crippen molar-refractivity contribution in [2.24, 2.45) is 5.41 Å². The SMILES string of the molecule is CC(C)(C)OC(=O)CC/C(=C\F)COc1ccc(S(=O)(=O)CC23CCC(NC(=O)C(F)(F)F)(CC2)CC3)cc1. The van der Waals surface area contributed by atoms with Crippen LogP contribution >= 0.6 is 0 Å². The van der Waals surface area contributed by atoms with E-state index >= 15 is 0 Å². The predicted molar refractivity (Wildman–Crippen MR) is 135 cm³/mol. The van der Waals surface area contributed by atoms with Crippen LogP contribution in [0.3, 0.4) is 0 Å². The largest absolute Gasteiger partial charge is 0.489 e. The highest BCUT2D eigenvalue weighted by Gasteiger charge is 2.53. The number of carbonyl (C=O) groups excluding carboxylic acids is 2. The average Bonchev–Trinajstić information content (AvgIpc) is 2.83. The van der Waals surface area contributed by atoms with Crippen molar-refractivity contribution in [3.8, 4) is 5.75 Å². The van der Waals surface area contributed by atoms with E-state index in [0.29, 0.717) is 50.6 Å². The van der Waals surface area contributed by atoms with E-state index in [2.05, 4.69) is 5.32 Å². The first-order valence-corrected chi connectivity index (χ1v) is 14.5. The summed E-state index contributed by atoms with van der Waals surface area (Å²) >= 11 is 0. The monoisotopic (exact) mass is 577 g/mol. The molecule has 0 unspecified atom stereocenters. The Bertz CT molecular complexity index is 1160. The number of hydrogen-bond acceptors (Lipinski definition) is 6. The van der Waals surface area contributed by atoms with Crippen molar-refractivity contribution in [2.45, 2.75) is 94.3 Å². The number of nitrogens with one attached hydrogen (secondary N) is 1. The van der Waals surface area contributed by atoms with Crippen molar-refractivity contribution in [3.63, 3.8) is 0 Å². The van der Waals surface area contributed by atoms with Gasteiger partial charge in [0.15, 0.2) is 9.84 Å². The fourth-order valence-corrected chi connectivity index (χ4v) is 7.15. The van der Waals surface area contributed by atoms with Gasteiger partial charge in [0, 0.05) is 12.0 Å². The molecule has 0 saturated heterocycles. The molecule has 3 fully saturated rings. The molecule has 39 heavy (non-hydrogen) atoms. The third-order valence-corrected chi connectivity index (χ3v) is 9.35. The van der Waals surface area contributed by atoms with Crippen molar-refractivity contribution < 1.29 is 45.0 Å². The van der Waals surface area contributed by atoms with Crippen LogP contribution in [0.4, 0.5) is 17.6 Å². The molecule has 0 heterocycles. The Balaban J connectivity index is 1.53. The lowest BCUT2D eigenvalue weighted by molar-refractivity contribution is -0.177. The van der Waals surface area contributed by atoms with Crippen molar-refractivity contribution in [3.05, 3.63) is 36.2 Å². The lowest BCUT2D eigenvalue weighted by atomic mass is 9.58. The fraction of sp³-hybridized carbons (Fsp3) is 0.630. The molecule has 1 N–H and O–H groups in total. The van der Waals surface area contributed by atoms with Gasteiger partial charge >= 0.3 is 18.1 Å². The Hall–Kier alpha value is -2.63. The van der Waals surface area contributed by atoms with Gasteiger partial charge in [-0.1, -0.05) is 0 Å². The normalized spacial score (nSPS) is 23.8. The van der Waals surface area contributed by atoms with Gasteiger partial charge < -0.3 is 14.8 Å². The fourth-order valence-electron chi connectivity index (χ4n) is 5.20. The number of carbonyl (C=O) groups is 2. The maximum atomic E-state index is 13.3. The Morgan fingerprint density at radius 1 is 0.974 bits per heavy atom. The minimum absolute atomic E-state index is 0.00880. The van der Waals surface area contributed by atoms with E-state index < -0.39 is 44.4 Å². The summed E-state index contributed by atoms with van der Waals surface area (Å²) in [6, 6.07) is 5.74. The first kappa shape index (κ1) is 30.9. The number of sulfone groups is 1. The molecule has 3 saturated carbocycles. The standard InChI is InChI=1S/C27H35F4NO6S/c1-24(2,3)38-22(33)9-4-19(16-28)17-37-20-5-7-21(8-6-20)39(35,36)18-25-10-13-26(14-11-25,15-12-25)32-23(34)27(29,30)31/h5-8,16H,4,9-15,17-18H2,1-3H3,(H,32,34)/b19-16+. The summed E-state index contributed by atoms with van der Waals surface area (Å²) in [6.07, 6.45) is -2.34. The third-order valence-electron chi connectivity index (χ3n) is 7.37. The quantitative estimate of drug-likeness (QED) is 0.288. The van der Waals surface area contributed by atoms with Gasteiger partial charge in [-0.05, 0) is 101 Å². The second-order valence-corrected chi connectivity index (χ2v) is 13.6. The summed E-state index contributed by atoms with van der Waals surface area (Å²) in [7, 11) is -3.70. The minimum Gasteiger partial charge on any atom is -0.489 e. The van der Waals surface area contributed by atoms with E-state index in [9.17, 15) is 35.6 Å². The van der Waals surface area contributed by atoms with Gasteiger partial charge in [-0.3, -0.25) is 9.59 Å². The van der Waals surface area contributed by atoms with E-state index in [0.717, 1.165) is 0 Å². The molecule has 1 amide bonds. The Morgan fingerprint density at radius 3 is 2.03 bits per heavy atom. The molecular formula is C27H35F4NO6S. The zero-order valence-corrected chi connectivity index (χ0v) is 23.1. The minimum atomic E-state index is -4.95. The maximum absolute atomic E-state index is 13.3. The van der Waals surface area contributed by atoms with Crippen LogP contribution in [0.2, 0.25) is 0 Å². The van der Waals surface area contributed by atoms with Gasteiger partial charge in [-0.15, -0.1) is 0 Å². The molecule has 1 aromatic rings. The highest BCUT2D eigenvalue weighted by molar-refractivity contribution is 7.91. The first-order valence-electron chi connectivity index (χ1n) is 12.8. The van der Waals surface area contributed by atoms with Gasteiger partial charge in [0.2, 0.25) is 0 Å². The highest BCUT2D eigenvalue weighted by atomic mass is 32.2. The van der Waals surface area contributed by atoms with E-state index in [1.54, 1.807) is 20.8 Å². The number of hydrogen-bond donors (Lipinski definition) is 1. The van der Waals surface area contributed by atoms with Gasteiger partial charge in [-0.2, -0.15) is 13.2 Å². The Labute approximate surface area is 226 Å². The smallest absolute Gasteiger partial charge is 0.471 e. The van der Waals surface area contributed by atoms with Crippen LogP contribution in [0.25, 0.3) is 0 Å². The zero-order valence-electron chi connectivity index (χ0n) is 22.3. The number of ether oxygens (including phenoxy) is 2. The topological polar surface area (TPSA) is 98.8 Å². The zero-order chi connectivity index (χ0) is 29.1. The van der Waals surface area contributed by atoms with Crippen LogP contribution in [-0.2, 0) is 24.2 Å². The second-order valence-electron chi connectivity index (χ2n) is 11.6. The number of esters is 1. The molecular weight excluding hydrogens is 542 g/mol. The summed E-state index contributed by atoms with van der Waals surface area (Å²) in [5.74, 6) is -2.22. The molecule has 218 valence electrons. The van der Waals surface area contributed by atoms with Crippen LogP contribution in [0.5, 0.6) is 5.75 Å². The first-order chi connectivity index (χ1) is 18.0. The van der Waals surface area contributed by atoms with Crippen molar-refractivity contribution in [1.29, 1.82) is 0 Å². The Kier molecular flexibility index (Phi) is 9.08. The lowest BCUT2D eigenvalue weighted by Gasteiger charge is -2.53. The molecule has 0 aromatic heterocycles. The van der Waals surface area contributed by atoms with Gasteiger partial charge in [0.1, 0.15) is 18.0 Å². The third kappa shape index (κ3) is 8.43. The van der Waals surface area contributed by atoms with Crippen LogP contribution in [0, 0.1) is 5.41 Å². The molecule has 7 nitrogen and oxygen atoms in total. The molecule has 0 radical (unpaired) electrons. The maximum Gasteiger partial charge on any atom is 0.471 e. The predicted octanol–water partition coefficient (Wildman–Crippen LogP) is 5.59. The van der Waals surface area contributed by atoms with Crippen molar-refractivity contribution in [1.82, 2.24) is 5.32 Å². The molecule has 1 aromatic carbocycles. The van der Waals surface area contributed by atoms with E-state index in [1.807, 2.05) is 0 Å². The van der Waals surface area contributed by atoms with Crippen molar-refractivity contribution >= 4 is 21.7 Å². The van der Waals surface area contributed by atoms with Gasteiger partial charge in [0.25, 0.3) is 0 Å². The number of alkyl halides is 3. The molecule has 3 aliphatic rings. The number of halogens is 4. The summed E-state index contributed by atoms with van der Waals surface area (Å²) in [4.78, 5) is 23.4. The summed E-state index contributed by atoms with van der Waals surface area (Å²) in [5, 5.41) is 2.15. The average molecular weight is 578 g/mol. The number of benzene rings is 1.